The summed E-state index contributed by atoms with van der Waals surface area (Å²) >= 11 is 2.66. The summed E-state index contributed by atoms with van der Waals surface area (Å²) in [5, 5.41) is 12.7. The highest BCUT2D eigenvalue weighted by Gasteiger charge is 2.33. The van der Waals surface area contributed by atoms with Crippen LogP contribution < -0.4 is 14.9 Å². The molecule has 3 aromatic rings. The summed E-state index contributed by atoms with van der Waals surface area (Å²) in [5.41, 5.74) is 1.21. The fourth-order valence-corrected chi connectivity index (χ4v) is 5.22. The van der Waals surface area contributed by atoms with E-state index < -0.39 is 16.9 Å². The van der Waals surface area contributed by atoms with Crippen LogP contribution in [0.25, 0.3) is 6.08 Å². The number of benzene rings is 1. The molecule has 0 N–H and O–H groups in total. The predicted octanol–water partition coefficient (Wildman–Crippen LogP) is 2.77. The molecule has 0 amide bonds. The summed E-state index contributed by atoms with van der Waals surface area (Å²) < 4.78 is 7.18. The van der Waals surface area contributed by atoms with Crippen molar-refractivity contribution < 1.29 is 14.5 Å². The fourth-order valence-electron chi connectivity index (χ4n) is 3.35. The van der Waals surface area contributed by atoms with Crippen molar-refractivity contribution in [3.8, 4) is 0 Å². The Labute approximate surface area is 184 Å². The number of nitro groups is 1. The first-order valence-electron chi connectivity index (χ1n) is 9.38. The van der Waals surface area contributed by atoms with E-state index in [1.54, 1.807) is 32.1 Å². The Morgan fingerprint density at radius 1 is 1.32 bits per heavy atom. The molecule has 3 heterocycles. The van der Waals surface area contributed by atoms with E-state index in [1.165, 1.54) is 39.4 Å². The minimum atomic E-state index is -0.616. The molecule has 8 nitrogen and oxygen atoms in total. The SMILES string of the molecule is CCOC(=O)C1=C(C)N=c2s/c(=C/c3ccc([N+](=O)[O-])cc3)c(=O)n2[C@@H]1c1cccs1. The molecule has 0 bridgehead atoms. The van der Waals surface area contributed by atoms with Crippen LogP contribution in [0.1, 0.15) is 30.3 Å². The van der Waals surface area contributed by atoms with Crippen molar-refractivity contribution in [1.82, 2.24) is 4.57 Å². The lowest BCUT2D eigenvalue weighted by Crippen LogP contribution is -2.39. The van der Waals surface area contributed by atoms with Crippen molar-refractivity contribution in [1.29, 1.82) is 0 Å². The standard InChI is InChI=1S/C21H17N3O5S2/c1-3-29-20(26)17-12(2)22-21-23(18(17)15-5-4-10-30-15)19(25)16(31-21)11-13-6-8-14(9-7-13)24(27)28/h4-11,18H,3H2,1-2H3/b16-11+/t18-/m1/s1. The topological polar surface area (TPSA) is 104 Å². The Bertz CT molecular complexity index is 1370. The molecule has 4 rings (SSSR count). The highest BCUT2D eigenvalue weighted by atomic mass is 32.1. The zero-order valence-corrected chi connectivity index (χ0v) is 18.2. The van der Waals surface area contributed by atoms with Gasteiger partial charge in [-0.05, 0) is 49.1 Å². The first kappa shape index (κ1) is 20.9. The van der Waals surface area contributed by atoms with E-state index in [9.17, 15) is 19.7 Å². The molecule has 0 saturated carbocycles. The molecule has 0 spiro atoms. The van der Waals surface area contributed by atoms with Crippen LogP contribution in [0.4, 0.5) is 5.69 Å². The highest BCUT2D eigenvalue weighted by Crippen LogP contribution is 2.33. The molecule has 1 aliphatic rings. The summed E-state index contributed by atoms with van der Waals surface area (Å²) in [6.45, 7) is 3.69. The highest BCUT2D eigenvalue weighted by molar-refractivity contribution is 7.10. The number of thiophene rings is 1. The van der Waals surface area contributed by atoms with Gasteiger partial charge in [0.05, 0.1) is 27.3 Å². The average molecular weight is 456 g/mol. The molecule has 1 atom stereocenters. The lowest BCUT2D eigenvalue weighted by atomic mass is 10.0. The maximum absolute atomic E-state index is 13.3. The van der Waals surface area contributed by atoms with Gasteiger partial charge in [0.1, 0.15) is 6.04 Å². The van der Waals surface area contributed by atoms with Crippen molar-refractivity contribution in [2.45, 2.75) is 19.9 Å². The van der Waals surface area contributed by atoms with Gasteiger partial charge in [0.2, 0.25) is 0 Å². The molecule has 31 heavy (non-hydrogen) atoms. The van der Waals surface area contributed by atoms with Crippen LogP contribution in [0.3, 0.4) is 0 Å². The number of rotatable bonds is 5. The van der Waals surface area contributed by atoms with Crippen LogP contribution in [-0.4, -0.2) is 22.1 Å². The Morgan fingerprint density at radius 2 is 2.06 bits per heavy atom. The maximum atomic E-state index is 13.3. The van der Waals surface area contributed by atoms with Crippen molar-refractivity contribution in [3.05, 3.63) is 93.3 Å². The Balaban J connectivity index is 1.88. The van der Waals surface area contributed by atoms with E-state index >= 15 is 0 Å². The van der Waals surface area contributed by atoms with E-state index in [1.807, 2.05) is 17.5 Å². The molecule has 1 aromatic carbocycles. The van der Waals surface area contributed by atoms with E-state index in [0.717, 1.165) is 4.88 Å². The molecule has 0 unspecified atom stereocenters. The van der Waals surface area contributed by atoms with Crippen LogP contribution in [-0.2, 0) is 9.53 Å². The van der Waals surface area contributed by atoms with E-state index in [-0.39, 0.29) is 17.9 Å². The van der Waals surface area contributed by atoms with Gasteiger partial charge in [-0.25, -0.2) is 9.79 Å². The quantitative estimate of drug-likeness (QED) is 0.334. The summed E-state index contributed by atoms with van der Waals surface area (Å²) in [6.07, 6.45) is 1.67. The third-order valence-corrected chi connectivity index (χ3v) is 6.64. The number of nitro benzene ring substituents is 1. The van der Waals surface area contributed by atoms with E-state index in [4.69, 9.17) is 4.74 Å². The minimum absolute atomic E-state index is 0.0222. The van der Waals surface area contributed by atoms with Crippen LogP contribution in [0.15, 0.2) is 62.8 Å². The second-order valence-corrected chi connectivity index (χ2v) is 8.65. The fraction of sp³-hybridized carbons (Fsp3) is 0.190. The number of esters is 1. The lowest BCUT2D eigenvalue weighted by molar-refractivity contribution is -0.384. The maximum Gasteiger partial charge on any atom is 0.338 e. The van der Waals surface area contributed by atoms with Crippen molar-refractivity contribution in [3.63, 3.8) is 0 Å². The Kier molecular flexibility index (Phi) is 5.66. The molecule has 0 saturated heterocycles. The van der Waals surface area contributed by atoms with Gasteiger partial charge in [-0.15, -0.1) is 11.3 Å². The van der Waals surface area contributed by atoms with Gasteiger partial charge in [-0.2, -0.15) is 0 Å². The molecule has 2 aromatic heterocycles. The van der Waals surface area contributed by atoms with E-state index in [0.29, 0.717) is 26.2 Å². The van der Waals surface area contributed by atoms with Crippen LogP contribution in [0, 0.1) is 10.1 Å². The largest absolute Gasteiger partial charge is 0.463 e. The number of allylic oxidation sites excluding steroid dienone is 1. The molecule has 0 fully saturated rings. The van der Waals surface area contributed by atoms with Gasteiger partial charge in [0.15, 0.2) is 4.80 Å². The molecule has 1 aliphatic heterocycles. The number of ether oxygens (including phenoxy) is 1. The smallest absolute Gasteiger partial charge is 0.338 e. The number of carbonyl (C=O) groups is 1. The molecule has 0 aliphatic carbocycles. The van der Waals surface area contributed by atoms with Gasteiger partial charge in [-0.1, -0.05) is 17.4 Å². The normalized spacial score (nSPS) is 16.1. The molecule has 158 valence electrons. The summed E-state index contributed by atoms with van der Waals surface area (Å²) in [7, 11) is 0. The number of hydrogen-bond acceptors (Lipinski definition) is 8. The van der Waals surface area contributed by atoms with Gasteiger partial charge < -0.3 is 4.74 Å². The number of non-ortho nitro benzene ring substituents is 1. The summed E-state index contributed by atoms with van der Waals surface area (Å²) in [5.74, 6) is -0.494. The van der Waals surface area contributed by atoms with Crippen LogP contribution in [0.2, 0.25) is 0 Å². The number of fused-ring (bicyclic) bond motifs is 1. The number of aromatic nitrogens is 1. The summed E-state index contributed by atoms with van der Waals surface area (Å²) in [4.78, 5) is 42.3. The number of hydrogen-bond donors (Lipinski definition) is 0. The predicted molar refractivity (Wildman–Crippen MR) is 118 cm³/mol. The van der Waals surface area contributed by atoms with Crippen LogP contribution >= 0.6 is 22.7 Å². The van der Waals surface area contributed by atoms with E-state index in [2.05, 4.69) is 4.99 Å². The first-order valence-corrected chi connectivity index (χ1v) is 11.1. The zero-order chi connectivity index (χ0) is 22.1. The lowest BCUT2D eigenvalue weighted by Gasteiger charge is -2.23. The molecular weight excluding hydrogens is 438 g/mol. The Hall–Kier alpha value is -3.37. The third kappa shape index (κ3) is 3.87. The average Bonchev–Trinajstić information content (AvgIpc) is 3.36. The third-order valence-electron chi connectivity index (χ3n) is 4.73. The number of carbonyl (C=O) groups excluding carboxylic acids is 1. The second-order valence-electron chi connectivity index (χ2n) is 6.67. The molecule has 0 radical (unpaired) electrons. The van der Waals surface area contributed by atoms with Crippen molar-refractivity contribution in [2.75, 3.05) is 6.61 Å². The minimum Gasteiger partial charge on any atom is -0.463 e. The zero-order valence-electron chi connectivity index (χ0n) is 16.6. The second kappa shape index (κ2) is 8.40. The molecular formula is C21H17N3O5S2. The van der Waals surface area contributed by atoms with Gasteiger partial charge >= 0.3 is 5.97 Å². The Morgan fingerprint density at radius 3 is 2.68 bits per heavy atom. The van der Waals surface area contributed by atoms with Crippen molar-refractivity contribution in [2.24, 2.45) is 4.99 Å². The number of nitrogens with zero attached hydrogens (tertiary/aromatic N) is 3. The monoisotopic (exact) mass is 455 g/mol. The van der Waals surface area contributed by atoms with Gasteiger partial charge in [0.25, 0.3) is 11.2 Å². The summed E-state index contributed by atoms with van der Waals surface area (Å²) in [6, 6.07) is 9.08. The van der Waals surface area contributed by atoms with Crippen molar-refractivity contribution >= 4 is 40.4 Å². The van der Waals surface area contributed by atoms with Crippen LogP contribution in [0.5, 0.6) is 0 Å². The number of thiazole rings is 1. The molecule has 10 heteroatoms. The van der Waals surface area contributed by atoms with Gasteiger partial charge in [0, 0.05) is 17.0 Å². The first-order chi connectivity index (χ1) is 14.9. The van der Waals surface area contributed by atoms with Gasteiger partial charge in [-0.3, -0.25) is 19.5 Å².